The number of aliphatic hydroxyl groups excluding tert-OH is 1. The zero-order valence-corrected chi connectivity index (χ0v) is 61.8. The van der Waals surface area contributed by atoms with Crippen molar-refractivity contribution in [3.63, 3.8) is 0 Å². The number of rotatable bonds is 71. The number of carbonyl (C=O) groups is 4. The summed E-state index contributed by atoms with van der Waals surface area (Å²) in [7, 11) is -9.92. The summed E-state index contributed by atoms with van der Waals surface area (Å²) in [6, 6.07) is 0. The van der Waals surface area contributed by atoms with Crippen molar-refractivity contribution in [2.75, 3.05) is 39.6 Å². The van der Waals surface area contributed by atoms with Gasteiger partial charge in [-0.25, -0.2) is 9.13 Å². The van der Waals surface area contributed by atoms with Crippen LogP contribution in [-0.4, -0.2) is 96.7 Å². The van der Waals surface area contributed by atoms with Crippen LogP contribution in [0.5, 0.6) is 0 Å². The van der Waals surface area contributed by atoms with Gasteiger partial charge >= 0.3 is 39.5 Å². The van der Waals surface area contributed by atoms with E-state index >= 15 is 0 Å². The summed E-state index contributed by atoms with van der Waals surface area (Å²) in [5.41, 5.74) is 0. The first kappa shape index (κ1) is 90.5. The number of aliphatic hydroxyl groups is 1. The lowest BCUT2D eigenvalue weighted by Crippen LogP contribution is -2.30. The van der Waals surface area contributed by atoms with E-state index in [0.717, 1.165) is 121 Å². The summed E-state index contributed by atoms with van der Waals surface area (Å²) >= 11 is 0. The molecule has 0 aromatic heterocycles. The topological polar surface area (TPSA) is 237 Å². The second-order valence-electron chi connectivity index (χ2n) is 26.5. The number of unbranched alkanes of at least 4 members (excludes halogenated alkanes) is 36. The smallest absolute Gasteiger partial charge is 0.462 e. The van der Waals surface area contributed by atoms with Gasteiger partial charge in [0.05, 0.1) is 26.4 Å². The predicted octanol–water partition coefficient (Wildman–Crippen LogP) is 21.1. The Morgan fingerprint density at radius 1 is 0.344 bits per heavy atom. The van der Waals surface area contributed by atoms with Gasteiger partial charge in [0.15, 0.2) is 12.2 Å². The fourth-order valence-electron chi connectivity index (χ4n) is 10.7. The molecule has 93 heavy (non-hydrogen) atoms. The first-order valence-electron chi connectivity index (χ1n) is 37.9. The fraction of sp³-hybridized carbons (Fsp3) is 0.892. The summed E-state index contributed by atoms with van der Waals surface area (Å²) < 4.78 is 68.3. The Balaban J connectivity index is 5.27. The maximum Gasteiger partial charge on any atom is 0.472 e. The molecule has 0 rings (SSSR count). The Hall–Kier alpha value is -2.46. The summed E-state index contributed by atoms with van der Waals surface area (Å²) in [5, 5.41) is 10.6. The average Bonchev–Trinajstić information content (AvgIpc) is 1.92. The number of allylic oxidation sites excluding steroid dienone is 4. The van der Waals surface area contributed by atoms with Gasteiger partial charge in [0.2, 0.25) is 0 Å². The molecule has 0 radical (unpaired) electrons. The molecule has 0 saturated heterocycles. The molecule has 0 aliphatic heterocycles. The van der Waals surface area contributed by atoms with E-state index in [2.05, 4.69) is 65.8 Å². The van der Waals surface area contributed by atoms with Crippen molar-refractivity contribution in [1.82, 2.24) is 0 Å². The van der Waals surface area contributed by atoms with Gasteiger partial charge in [-0.2, -0.15) is 0 Å². The molecule has 17 nitrogen and oxygen atoms in total. The number of phosphoric ester groups is 2. The van der Waals surface area contributed by atoms with Crippen molar-refractivity contribution in [3.8, 4) is 0 Å². The number of hydrogen-bond acceptors (Lipinski definition) is 15. The second-order valence-corrected chi connectivity index (χ2v) is 29.4. The van der Waals surface area contributed by atoms with Crippen LogP contribution in [-0.2, 0) is 65.4 Å². The molecule has 0 aliphatic rings. The second kappa shape index (κ2) is 65.5. The van der Waals surface area contributed by atoms with Crippen LogP contribution >= 0.6 is 15.6 Å². The molecule has 0 aromatic carbocycles. The fourth-order valence-corrected chi connectivity index (χ4v) is 12.3. The van der Waals surface area contributed by atoms with E-state index in [0.29, 0.717) is 25.7 Å². The summed E-state index contributed by atoms with van der Waals surface area (Å²) in [4.78, 5) is 72.6. The molecule has 7 atom stereocenters. The van der Waals surface area contributed by atoms with E-state index < -0.39 is 97.5 Å². The number of ether oxygens (including phenoxy) is 4. The van der Waals surface area contributed by atoms with Crippen LogP contribution in [0.3, 0.4) is 0 Å². The Labute approximate surface area is 567 Å². The molecule has 0 amide bonds. The normalized spacial score (nSPS) is 14.8. The van der Waals surface area contributed by atoms with Crippen LogP contribution in [0, 0.1) is 11.8 Å². The molecule has 19 heteroatoms. The number of hydrogen-bond donors (Lipinski definition) is 3. The molecule has 0 aliphatic carbocycles. The minimum atomic E-state index is -4.96. The van der Waals surface area contributed by atoms with Crippen LogP contribution in [0.4, 0.5) is 0 Å². The van der Waals surface area contributed by atoms with Crippen LogP contribution in [0.1, 0.15) is 356 Å². The molecule has 0 saturated carbocycles. The third-order valence-corrected chi connectivity index (χ3v) is 19.2. The lowest BCUT2D eigenvalue weighted by atomic mass is 9.99. The van der Waals surface area contributed by atoms with E-state index in [-0.39, 0.29) is 25.7 Å². The van der Waals surface area contributed by atoms with E-state index in [9.17, 15) is 43.2 Å². The maximum absolute atomic E-state index is 13.1. The number of carbonyl (C=O) groups excluding carboxylic acids is 4. The first-order valence-corrected chi connectivity index (χ1v) is 40.9. The van der Waals surface area contributed by atoms with Gasteiger partial charge in [-0.05, 0) is 63.2 Å². The summed E-state index contributed by atoms with van der Waals surface area (Å²) in [5.74, 6) is -0.590. The lowest BCUT2D eigenvalue weighted by molar-refractivity contribution is -0.161. The van der Waals surface area contributed by atoms with Gasteiger partial charge in [-0.3, -0.25) is 37.3 Å². The number of phosphoric acid groups is 2. The predicted molar refractivity (Wildman–Crippen MR) is 377 cm³/mol. The SMILES string of the molecule is CCCCCC/C=C\C=C/CCCCCCCC(=O)OC[C@H](COP(=O)(O)OC[C@@H](O)COP(=O)(O)OC[C@@H](COC(=O)CCCCCCCCCCCC)OC(=O)CCCCCCCCC(C)CC)OC(=O)CCCCCCCCCCCCCCCCC(C)CC. The van der Waals surface area contributed by atoms with Crippen molar-refractivity contribution in [3.05, 3.63) is 24.3 Å². The van der Waals surface area contributed by atoms with Gasteiger partial charge in [0.25, 0.3) is 0 Å². The maximum atomic E-state index is 13.1. The minimum absolute atomic E-state index is 0.101. The molecule has 0 aromatic rings. The molecule has 3 N–H and O–H groups in total. The highest BCUT2D eigenvalue weighted by atomic mass is 31.2. The van der Waals surface area contributed by atoms with Crippen molar-refractivity contribution < 1.29 is 80.2 Å². The molecule has 0 fully saturated rings. The molecular formula is C74H140O17P2. The van der Waals surface area contributed by atoms with E-state index in [1.165, 1.54) is 154 Å². The highest BCUT2D eigenvalue weighted by Crippen LogP contribution is 2.45. The van der Waals surface area contributed by atoms with Gasteiger partial charge in [0, 0.05) is 25.7 Å². The zero-order valence-electron chi connectivity index (χ0n) is 60.0. The van der Waals surface area contributed by atoms with Crippen molar-refractivity contribution in [2.45, 2.75) is 374 Å². The van der Waals surface area contributed by atoms with Crippen LogP contribution in [0.15, 0.2) is 24.3 Å². The van der Waals surface area contributed by atoms with Crippen molar-refractivity contribution >= 4 is 39.5 Å². The van der Waals surface area contributed by atoms with Gasteiger partial charge in [-0.15, -0.1) is 0 Å². The standard InChI is InChI=1S/C74H140O17P2/c1-7-11-13-15-17-19-21-22-23-27-30-34-38-45-51-57-72(77)84-62-69(90-73(78)58-52-46-39-35-31-28-25-24-26-29-32-36-42-48-54-66(5)9-3)64-88-92(80,81)86-60-68(75)61-87-93(82,83)89-65-70(91-74(79)59-53-47-41-40-43-49-55-67(6)10-4)63-85-71(76)56-50-44-37-33-20-18-16-14-12-8-2/h19,21-23,66-70,75H,7-18,20,24-65H2,1-6H3,(H,80,81)(H,82,83)/b21-19-,23-22-/t66?,67?,68-,69-,70-/m1/s1. The van der Waals surface area contributed by atoms with Crippen LogP contribution < -0.4 is 0 Å². The van der Waals surface area contributed by atoms with Gasteiger partial charge in [-0.1, -0.05) is 303 Å². The average molecular weight is 1360 g/mol. The third kappa shape index (κ3) is 65.3. The summed E-state index contributed by atoms with van der Waals surface area (Å²) in [6.07, 6.45) is 54.9. The Kier molecular flexibility index (Phi) is 63.7. The quantitative estimate of drug-likeness (QED) is 0.0169. The van der Waals surface area contributed by atoms with Crippen LogP contribution in [0.25, 0.3) is 0 Å². The van der Waals surface area contributed by atoms with Crippen molar-refractivity contribution in [1.29, 1.82) is 0 Å². The van der Waals surface area contributed by atoms with Gasteiger partial charge in [0.1, 0.15) is 19.3 Å². The molecule has 0 heterocycles. The lowest BCUT2D eigenvalue weighted by Gasteiger charge is -2.21. The Morgan fingerprint density at radius 2 is 0.602 bits per heavy atom. The highest BCUT2D eigenvalue weighted by Gasteiger charge is 2.30. The molecule has 0 bridgehead atoms. The monoisotopic (exact) mass is 1360 g/mol. The van der Waals surface area contributed by atoms with E-state index in [4.69, 9.17) is 37.0 Å². The third-order valence-electron chi connectivity index (χ3n) is 17.3. The Morgan fingerprint density at radius 3 is 0.914 bits per heavy atom. The van der Waals surface area contributed by atoms with Crippen molar-refractivity contribution in [2.24, 2.45) is 11.8 Å². The summed E-state index contributed by atoms with van der Waals surface area (Å²) in [6.45, 7) is 9.50. The van der Waals surface area contributed by atoms with Gasteiger partial charge < -0.3 is 33.8 Å². The molecule has 0 spiro atoms. The Bertz CT molecular complexity index is 1900. The molecule has 4 unspecified atom stereocenters. The largest absolute Gasteiger partial charge is 0.472 e. The van der Waals surface area contributed by atoms with E-state index in [1.54, 1.807) is 0 Å². The molecule has 548 valence electrons. The minimum Gasteiger partial charge on any atom is -0.462 e. The first-order chi connectivity index (χ1) is 44.9. The van der Waals surface area contributed by atoms with E-state index in [1.807, 2.05) is 0 Å². The van der Waals surface area contributed by atoms with Crippen LogP contribution in [0.2, 0.25) is 0 Å². The zero-order chi connectivity index (χ0) is 68.6. The molecular weight excluding hydrogens is 1220 g/mol. The highest BCUT2D eigenvalue weighted by molar-refractivity contribution is 7.47. The number of esters is 4.